The summed E-state index contributed by atoms with van der Waals surface area (Å²) >= 11 is 0. The molecule has 2 N–H and O–H groups in total. The zero-order valence-electron chi connectivity index (χ0n) is 14.1. The lowest BCUT2D eigenvalue weighted by Gasteiger charge is -2.17. The van der Waals surface area contributed by atoms with Gasteiger partial charge in [-0.2, -0.15) is 0 Å². The van der Waals surface area contributed by atoms with Crippen LogP contribution in [0.5, 0.6) is 0 Å². The van der Waals surface area contributed by atoms with Crippen molar-refractivity contribution in [3.63, 3.8) is 0 Å². The molecule has 1 amide bonds. The van der Waals surface area contributed by atoms with Crippen LogP contribution in [-0.2, 0) is 22.4 Å². The highest BCUT2D eigenvalue weighted by atomic mass is 16.5. The molecule has 2 aromatic carbocycles. The summed E-state index contributed by atoms with van der Waals surface area (Å²) in [6, 6.07) is 16.3. The molecule has 1 unspecified atom stereocenters. The van der Waals surface area contributed by atoms with E-state index in [2.05, 4.69) is 4.98 Å². The summed E-state index contributed by atoms with van der Waals surface area (Å²) in [6.07, 6.45) is 1.46. The molecule has 1 aromatic heterocycles. The van der Waals surface area contributed by atoms with E-state index < -0.39 is 18.0 Å². The van der Waals surface area contributed by atoms with Gasteiger partial charge in [-0.3, -0.25) is 9.78 Å². The lowest BCUT2D eigenvalue weighted by Crippen LogP contribution is -2.26. The minimum atomic E-state index is -1.12. The molecule has 0 bridgehead atoms. The molecular formula is C21H18N2O3. The highest BCUT2D eigenvalue weighted by Gasteiger charge is 2.28. The molecule has 130 valence electrons. The van der Waals surface area contributed by atoms with E-state index in [4.69, 9.17) is 10.5 Å². The van der Waals surface area contributed by atoms with Crippen LogP contribution in [-0.4, -0.2) is 16.9 Å². The Morgan fingerprint density at radius 1 is 1.00 bits per heavy atom. The largest absolute Gasteiger partial charge is 0.444 e. The van der Waals surface area contributed by atoms with E-state index in [1.807, 2.05) is 30.3 Å². The van der Waals surface area contributed by atoms with Crippen molar-refractivity contribution >= 4 is 22.8 Å². The lowest BCUT2D eigenvalue weighted by molar-refractivity contribution is -0.127. The van der Waals surface area contributed by atoms with Crippen molar-refractivity contribution < 1.29 is 14.3 Å². The van der Waals surface area contributed by atoms with Gasteiger partial charge in [0.2, 0.25) is 6.10 Å². The average Bonchev–Trinajstić information content (AvgIpc) is 3.12. The highest BCUT2D eigenvalue weighted by Crippen LogP contribution is 2.31. The number of para-hydroxylation sites is 1. The third-order valence-electron chi connectivity index (χ3n) is 4.71. The standard InChI is InChI=1S/C21H18N2O3/c22-20(24)19(13-7-2-1-3-8-13)26-21(25)18-14-9-4-5-11-16(14)23-17-12-6-10-15(17)18/h1-5,7-9,11,19H,6,10,12H2,(H2,22,24). The van der Waals surface area contributed by atoms with Crippen molar-refractivity contribution in [3.05, 3.63) is 77.0 Å². The monoisotopic (exact) mass is 346 g/mol. The van der Waals surface area contributed by atoms with Gasteiger partial charge in [0.15, 0.2) is 0 Å². The van der Waals surface area contributed by atoms with Gasteiger partial charge in [-0.25, -0.2) is 4.79 Å². The maximum Gasteiger partial charge on any atom is 0.340 e. The van der Waals surface area contributed by atoms with E-state index in [1.165, 1.54) is 0 Å². The van der Waals surface area contributed by atoms with Crippen LogP contribution in [0.1, 0.15) is 39.7 Å². The van der Waals surface area contributed by atoms with Gasteiger partial charge in [0.25, 0.3) is 5.91 Å². The maximum absolute atomic E-state index is 13.0. The number of fused-ring (bicyclic) bond motifs is 2. The number of nitrogens with two attached hydrogens (primary N) is 1. The second-order valence-electron chi connectivity index (χ2n) is 6.38. The molecule has 1 aliphatic carbocycles. The van der Waals surface area contributed by atoms with Crippen molar-refractivity contribution in [2.24, 2.45) is 5.73 Å². The second kappa shape index (κ2) is 6.59. The van der Waals surface area contributed by atoms with E-state index in [1.54, 1.807) is 24.3 Å². The first kappa shape index (κ1) is 16.3. The molecule has 0 fully saturated rings. The summed E-state index contributed by atoms with van der Waals surface area (Å²) < 4.78 is 5.58. The Kier molecular flexibility index (Phi) is 4.13. The smallest absolute Gasteiger partial charge is 0.340 e. The first-order valence-corrected chi connectivity index (χ1v) is 8.61. The number of benzene rings is 2. The quantitative estimate of drug-likeness (QED) is 0.736. The summed E-state index contributed by atoms with van der Waals surface area (Å²) in [6.45, 7) is 0. The number of hydrogen-bond acceptors (Lipinski definition) is 4. The van der Waals surface area contributed by atoms with Crippen LogP contribution in [0.2, 0.25) is 0 Å². The number of esters is 1. The molecule has 1 aliphatic rings. The van der Waals surface area contributed by atoms with Crippen LogP contribution in [0.15, 0.2) is 54.6 Å². The summed E-state index contributed by atoms with van der Waals surface area (Å²) in [5.74, 6) is -1.23. The molecule has 5 nitrogen and oxygen atoms in total. The third-order valence-corrected chi connectivity index (χ3v) is 4.71. The van der Waals surface area contributed by atoms with Gasteiger partial charge in [0, 0.05) is 16.6 Å². The highest BCUT2D eigenvalue weighted by molar-refractivity contribution is 6.06. The van der Waals surface area contributed by atoms with Crippen LogP contribution in [0, 0.1) is 0 Å². The Bertz CT molecular complexity index is 999. The van der Waals surface area contributed by atoms with Gasteiger partial charge in [-0.1, -0.05) is 48.5 Å². The molecule has 3 aromatic rings. The molecule has 0 saturated heterocycles. The van der Waals surface area contributed by atoms with E-state index in [0.717, 1.165) is 41.4 Å². The van der Waals surface area contributed by atoms with Gasteiger partial charge in [0.1, 0.15) is 0 Å². The first-order valence-electron chi connectivity index (χ1n) is 8.61. The fourth-order valence-electron chi connectivity index (χ4n) is 3.53. The van der Waals surface area contributed by atoms with Crippen molar-refractivity contribution in [2.75, 3.05) is 0 Å². The Hall–Kier alpha value is -3.21. The van der Waals surface area contributed by atoms with Gasteiger partial charge >= 0.3 is 5.97 Å². The number of carbonyl (C=O) groups is 2. The predicted octanol–water partition coefficient (Wildman–Crippen LogP) is 3.11. The zero-order valence-corrected chi connectivity index (χ0v) is 14.1. The van der Waals surface area contributed by atoms with Crippen molar-refractivity contribution in [3.8, 4) is 0 Å². The molecule has 0 spiro atoms. The van der Waals surface area contributed by atoms with Crippen LogP contribution in [0.4, 0.5) is 0 Å². The molecule has 0 aliphatic heterocycles. The summed E-state index contributed by atoms with van der Waals surface area (Å²) in [4.78, 5) is 29.6. The Labute approximate surface area is 150 Å². The van der Waals surface area contributed by atoms with E-state index in [-0.39, 0.29) is 0 Å². The van der Waals surface area contributed by atoms with E-state index in [0.29, 0.717) is 11.1 Å². The van der Waals surface area contributed by atoms with E-state index >= 15 is 0 Å². The molecular weight excluding hydrogens is 328 g/mol. The van der Waals surface area contributed by atoms with Crippen LogP contribution in [0.3, 0.4) is 0 Å². The van der Waals surface area contributed by atoms with Crippen molar-refractivity contribution in [1.82, 2.24) is 4.98 Å². The second-order valence-corrected chi connectivity index (χ2v) is 6.38. The number of primary amides is 1. The number of ether oxygens (including phenoxy) is 1. The van der Waals surface area contributed by atoms with E-state index in [9.17, 15) is 9.59 Å². The molecule has 0 saturated carbocycles. The SMILES string of the molecule is NC(=O)C(OC(=O)c1c2c(nc3ccccc13)CCC2)c1ccccc1. The maximum atomic E-state index is 13.0. The molecule has 1 atom stereocenters. The Morgan fingerprint density at radius 2 is 1.73 bits per heavy atom. The summed E-state index contributed by atoms with van der Waals surface area (Å²) in [7, 11) is 0. The number of pyridine rings is 1. The number of aryl methyl sites for hydroxylation is 1. The molecule has 5 heteroatoms. The summed E-state index contributed by atoms with van der Waals surface area (Å²) in [5.41, 5.74) is 9.17. The van der Waals surface area contributed by atoms with Gasteiger partial charge in [0.05, 0.1) is 11.1 Å². The number of hydrogen-bond donors (Lipinski definition) is 1. The third kappa shape index (κ3) is 2.81. The van der Waals surface area contributed by atoms with Gasteiger partial charge < -0.3 is 10.5 Å². The Balaban J connectivity index is 1.78. The average molecular weight is 346 g/mol. The number of aromatic nitrogens is 1. The van der Waals surface area contributed by atoms with Crippen LogP contribution in [0.25, 0.3) is 10.9 Å². The first-order chi connectivity index (χ1) is 12.6. The van der Waals surface area contributed by atoms with Gasteiger partial charge in [-0.05, 0) is 30.9 Å². The zero-order chi connectivity index (χ0) is 18.1. The fourth-order valence-corrected chi connectivity index (χ4v) is 3.53. The molecule has 4 rings (SSSR count). The molecule has 26 heavy (non-hydrogen) atoms. The Morgan fingerprint density at radius 3 is 2.50 bits per heavy atom. The van der Waals surface area contributed by atoms with Gasteiger partial charge in [-0.15, -0.1) is 0 Å². The normalized spacial score (nSPS) is 14.0. The van der Waals surface area contributed by atoms with Crippen LogP contribution < -0.4 is 5.73 Å². The lowest BCUT2D eigenvalue weighted by atomic mass is 10.0. The molecule has 1 heterocycles. The summed E-state index contributed by atoms with van der Waals surface area (Å²) in [5, 5.41) is 0.745. The number of nitrogens with zero attached hydrogens (tertiary/aromatic N) is 1. The topological polar surface area (TPSA) is 82.3 Å². The number of amides is 1. The molecule has 0 radical (unpaired) electrons. The number of rotatable bonds is 4. The minimum Gasteiger partial charge on any atom is -0.444 e. The van der Waals surface area contributed by atoms with Crippen molar-refractivity contribution in [1.29, 1.82) is 0 Å². The number of carbonyl (C=O) groups excluding carboxylic acids is 2. The fraction of sp³-hybridized carbons (Fsp3) is 0.190. The van der Waals surface area contributed by atoms with Crippen molar-refractivity contribution in [2.45, 2.75) is 25.4 Å². The predicted molar refractivity (Wildman–Crippen MR) is 97.6 cm³/mol. The van der Waals surface area contributed by atoms with Crippen LogP contribution >= 0.6 is 0 Å². The minimum absolute atomic E-state index is 0.505.